The normalized spacial score (nSPS) is 18.2. The molecule has 1 N–H and O–H groups in total. The minimum Gasteiger partial charge on any atom is -0.352 e. The lowest BCUT2D eigenvalue weighted by atomic mass is 9.97. The zero-order valence-electron chi connectivity index (χ0n) is 14.4. The molecule has 1 fully saturated rings. The lowest BCUT2D eigenvalue weighted by Crippen LogP contribution is -2.39. The van der Waals surface area contributed by atoms with Crippen molar-refractivity contribution in [2.45, 2.75) is 63.2 Å². The molecule has 0 bridgehead atoms. The third-order valence-corrected chi connectivity index (χ3v) is 6.73. The van der Waals surface area contributed by atoms with Crippen LogP contribution in [0.5, 0.6) is 0 Å². The Morgan fingerprint density at radius 2 is 1.64 bits per heavy atom. The Labute approximate surface area is 147 Å². The highest BCUT2D eigenvalue weighted by molar-refractivity contribution is 7.92. The van der Waals surface area contributed by atoms with Crippen molar-refractivity contribution in [3.63, 3.8) is 0 Å². The quantitative estimate of drug-likeness (QED) is 0.857. The molecule has 7 heteroatoms. The average Bonchev–Trinajstić information content (AvgIpc) is 2.49. The van der Waals surface area contributed by atoms with Gasteiger partial charge in [0.1, 0.15) is 17.4 Å². The van der Waals surface area contributed by atoms with Crippen molar-refractivity contribution in [2.24, 2.45) is 0 Å². The molecule has 1 aromatic carbocycles. The first-order chi connectivity index (χ1) is 11.8. The van der Waals surface area contributed by atoms with Gasteiger partial charge in [-0.1, -0.05) is 38.2 Å². The molecule has 140 valence electrons. The highest BCUT2D eigenvalue weighted by atomic mass is 32.2. The first-order valence-corrected chi connectivity index (χ1v) is 10.5. The first kappa shape index (κ1) is 19.8. The van der Waals surface area contributed by atoms with E-state index in [1.165, 1.54) is 19.4 Å². The minimum atomic E-state index is -4.02. The van der Waals surface area contributed by atoms with E-state index in [0.717, 1.165) is 50.7 Å². The molecular formula is C18H25F2NO3S. The summed E-state index contributed by atoms with van der Waals surface area (Å²) >= 11 is 0. The summed E-state index contributed by atoms with van der Waals surface area (Å²) in [4.78, 5) is 12.2. The Balaban J connectivity index is 2.03. The lowest BCUT2D eigenvalue weighted by Gasteiger charge is -2.21. The molecule has 25 heavy (non-hydrogen) atoms. The standard InChI is InChI=1S/C18H25F2NO3S/c1-13(18-15(19)10-7-11-16(18)20)25(23,24)12-17(22)21-14-8-5-3-2-4-6-9-14/h7,10-11,13-14H,2-6,8-9,12H2,1H3,(H,21,22)/t13-/m0/s1. The summed E-state index contributed by atoms with van der Waals surface area (Å²) in [5.74, 6) is -3.21. The van der Waals surface area contributed by atoms with Gasteiger partial charge < -0.3 is 5.32 Å². The molecule has 1 saturated carbocycles. The number of hydrogen-bond acceptors (Lipinski definition) is 3. The number of benzene rings is 1. The largest absolute Gasteiger partial charge is 0.352 e. The van der Waals surface area contributed by atoms with E-state index in [1.54, 1.807) is 0 Å². The minimum absolute atomic E-state index is 0.0245. The molecule has 0 aliphatic heterocycles. The Kier molecular flexibility index (Phi) is 6.93. The molecular weight excluding hydrogens is 348 g/mol. The number of sulfone groups is 1. The molecule has 0 radical (unpaired) electrons. The third kappa shape index (κ3) is 5.49. The highest BCUT2D eigenvalue weighted by Gasteiger charge is 2.30. The van der Waals surface area contributed by atoms with Crippen LogP contribution in [-0.4, -0.2) is 26.1 Å². The van der Waals surface area contributed by atoms with Gasteiger partial charge in [0, 0.05) is 11.6 Å². The zero-order chi connectivity index (χ0) is 18.4. The summed E-state index contributed by atoms with van der Waals surface area (Å²) in [6, 6.07) is 3.18. The fraction of sp³-hybridized carbons (Fsp3) is 0.611. The topological polar surface area (TPSA) is 63.2 Å². The molecule has 4 nitrogen and oxygen atoms in total. The number of amides is 1. The Hall–Kier alpha value is -1.50. The van der Waals surface area contributed by atoms with Gasteiger partial charge in [-0.05, 0) is 31.9 Å². The van der Waals surface area contributed by atoms with Crippen LogP contribution in [0, 0.1) is 11.6 Å². The van der Waals surface area contributed by atoms with Crippen LogP contribution in [0.2, 0.25) is 0 Å². The molecule has 1 aliphatic rings. The molecule has 1 amide bonds. The van der Waals surface area contributed by atoms with Crippen LogP contribution in [0.1, 0.15) is 62.7 Å². The summed E-state index contributed by atoms with van der Waals surface area (Å²) in [6.45, 7) is 1.21. The van der Waals surface area contributed by atoms with Crippen LogP contribution in [-0.2, 0) is 14.6 Å². The van der Waals surface area contributed by atoms with Crippen LogP contribution in [0.15, 0.2) is 18.2 Å². The third-order valence-electron chi connectivity index (χ3n) is 4.75. The maximum atomic E-state index is 13.8. The summed E-state index contributed by atoms with van der Waals surface area (Å²) in [5, 5.41) is 1.35. The molecule has 2 rings (SSSR count). The van der Waals surface area contributed by atoms with E-state index < -0.39 is 43.9 Å². The monoisotopic (exact) mass is 373 g/mol. The molecule has 0 spiro atoms. The van der Waals surface area contributed by atoms with Crippen molar-refractivity contribution in [3.05, 3.63) is 35.4 Å². The number of carbonyl (C=O) groups is 1. The van der Waals surface area contributed by atoms with Gasteiger partial charge in [-0.3, -0.25) is 4.79 Å². The summed E-state index contributed by atoms with van der Waals surface area (Å²) in [6.07, 6.45) is 7.12. The van der Waals surface area contributed by atoms with Crippen molar-refractivity contribution >= 4 is 15.7 Å². The predicted octanol–water partition coefficient (Wildman–Crippen LogP) is 3.67. The fourth-order valence-electron chi connectivity index (χ4n) is 3.26. The van der Waals surface area contributed by atoms with Crippen LogP contribution in [0.25, 0.3) is 0 Å². The lowest BCUT2D eigenvalue weighted by molar-refractivity contribution is -0.119. The van der Waals surface area contributed by atoms with Crippen molar-refractivity contribution < 1.29 is 22.0 Å². The van der Waals surface area contributed by atoms with Gasteiger partial charge in [0.05, 0.1) is 5.25 Å². The maximum absolute atomic E-state index is 13.8. The van der Waals surface area contributed by atoms with E-state index >= 15 is 0 Å². The number of halogens is 2. The van der Waals surface area contributed by atoms with Gasteiger partial charge in [0.25, 0.3) is 0 Å². The van der Waals surface area contributed by atoms with Gasteiger partial charge in [0.15, 0.2) is 9.84 Å². The van der Waals surface area contributed by atoms with Gasteiger partial charge in [-0.15, -0.1) is 0 Å². The predicted molar refractivity (Wildman–Crippen MR) is 92.8 cm³/mol. The van der Waals surface area contributed by atoms with E-state index in [0.29, 0.717) is 0 Å². The van der Waals surface area contributed by atoms with Crippen LogP contribution >= 0.6 is 0 Å². The second-order valence-electron chi connectivity index (χ2n) is 6.69. The zero-order valence-corrected chi connectivity index (χ0v) is 15.2. The van der Waals surface area contributed by atoms with Gasteiger partial charge >= 0.3 is 0 Å². The Morgan fingerprint density at radius 1 is 1.12 bits per heavy atom. The van der Waals surface area contributed by atoms with E-state index in [1.807, 2.05) is 0 Å². The smallest absolute Gasteiger partial charge is 0.235 e. The SMILES string of the molecule is C[C@@H](c1c(F)cccc1F)S(=O)(=O)CC(=O)NC1CCCCCCC1. The molecule has 0 heterocycles. The molecule has 1 atom stereocenters. The molecule has 1 aromatic rings. The van der Waals surface area contributed by atoms with Crippen molar-refractivity contribution in [3.8, 4) is 0 Å². The number of nitrogens with one attached hydrogen (secondary N) is 1. The van der Waals surface area contributed by atoms with E-state index in [2.05, 4.69) is 5.32 Å². The second kappa shape index (κ2) is 8.74. The summed E-state index contributed by atoms with van der Waals surface area (Å²) in [7, 11) is -4.02. The Morgan fingerprint density at radius 3 is 2.20 bits per heavy atom. The second-order valence-corrected chi connectivity index (χ2v) is 9.02. The fourth-order valence-corrected chi connectivity index (χ4v) is 4.54. The first-order valence-electron chi connectivity index (χ1n) is 8.76. The maximum Gasteiger partial charge on any atom is 0.235 e. The van der Waals surface area contributed by atoms with Crippen LogP contribution in [0.3, 0.4) is 0 Å². The van der Waals surface area contributed by atoms with Crippen LogP contribution < -0.4 is 5.32 Å². The van der Waals surface area contributed by atoms with E-state index in [4.69, 9.17) is 0 Å². The number of carbonyl (C=O) groups excluding carboxylic acids is 1. The van der Waals surface area contributed by atoms with Crippen molar-refractivity contribution in [1.82, 2.24) is 5.32 Å². The molecule has 1 aliphatic carbocycles. The molecule has 0 saturated heterocycles. The highest BCUT2D eigenvalue weighted by Crippen LogP contribution is 2.27. The summed E-state index contributed by atoms with van der Waals surface area (Å²) in [5.41, 5.74) is -0.513. The van der Waals surface area contributed by atoms with Crippen molar-refractivity contribution in [1.29, 1.82) is 0 Å². The average molecular weight is 373 g/mol. The molecule has 0 unspecified atom stereocenters. The van der Waals surface area contributed by atoms with E-state index in [9.17, 15) is 22.0 Å². The number of rotatable bonds is 5. The summed E-state index contributed by atoms with van der Waals surface area (Å²) < 4.78 is 52.5. The van der Waals surface area contributed by atoms with Gasteiger partial charge in [0.2, 0.25) is 5.91 Å². The Bertz CT molecular complexity index is 678. The van der Waals surface area contributed by atoms with Crippen molar-refractivity contribution in [2.75, 3.05) is 5.75 Å². The van der Waals surface area contributed by atoms with Crippen LogP contribution in [0.4, 0.5) is 8.78 Å². The number of hydrogen-bond donors (Lipinski definition) is 1. The molecule has 0 aromatic heterocycles. The van der Waals surface area contributed by atoms with Gasteiger partial charge in [-0.2, -0.15) is 0 Å². The van der Waals surface area contributed by atoms with E-state index in [-0.39, 0.29) is 6.04 Å². The van der Waals surface area contributed by atoms with Gasteiger partial charge in [-0.25, -0.2) is 17.2 Å².